The number of anilines is 2. The van der Waals surface area contributed by atoms with Crippen molar-refractivity contribution in [2.24, 2.45) is 0 Å². The quantitative estimate of drug-likeness (QED) is 0.692. The Morgan fingerprint density at radius 3 is 2.17 bits per heavy atom. The van der Waals surface area contributed by atoms with Crippen LogP contribution in [-0.2, 0) is 21.0 Å². The average molecular weight is 444 g/mol. The number of carbonyl (C=O) groups is 1. The first-order valence-corrected chi connectivity index (χ1v) is 10.9. The largest absolute Gasteiger partial charge is 0.491 e. The van der Waals surface area contributed by atoms with Gasteiger partial charge in [-0.2, -0.15) is 13.2 Å². The van der Waals surface area contributed by atoms with E-state index in [1.165, 1.54) is 13.0 Å². The summed E-state index contributed by atoms with van der Waals surface area (Å²) >= 11 is 0. The number of rotatable bonds is 7. The molecular weight excluding hydrogens is 421 g/mol. The van der Waals surface area contributed by atoms with Gasteiger partial charge in [-0.05, 0) is 63.2 Å². The molecule has 10 heteroatoms. The maximum Gasteiger partial charge on any atom is 0.416 e. The van der Waals surface area contributed by atoms with E-state index in [1.54, 1.807) is 24.3 Å². The van der Waals surface area contributed by atoms with Crippen molar-refractivity contribution >= 4 is 27.3 Å². The van der Waals surface area contributed by atoms with Crippen LogP contribution in [0.1, 0.15) is 26.3 Å². The smallest absolute Gasteiger partial charge is 0.416 e. The third-order valence-corrected chi connectivity index (χ3v) is 5.25. The summed E-state index contributed by atoms with van der Waals surface area (Å²) in [5, 5.41) is 2.57. The molecule has 0 spiro atoms. The number of sulfonamides is 1. The fourth-order valence-electron chi connectivity index (χ4n) is 2.76. The highest BCUT2D eigenvalue weighted by Gasteiger charge is 2.34. The molecule has 0 saturated heterocycles. The molecule has 0 bridgehead atoms. The summed E-state index contributed by atoms with van der Waals surface area (Å²) in [6.45, 7) is 5.03. The molecule has 0 radical (unpaired) electrons. The molecule has 0 saturated carbocycles. The number of halogens is 3. The maximum absolute atomic E-state index is 13.0. The molecule has 6 nitrogen and oxygen atoms in total. The number of amides is 1. The predicted octanol–water partition coefficient (Wildman–Crippen LogP) is 4.29. The molecule has 2 aromatic carbocycles. The first-order chi connectivity index (χ1) is 13.8. The lowest BCUT2D eigenvalue weighted by Gasteiger charge is -2.28. The Labute approximate surface area is 173 Å². The summed E-state index contributed by atoms with van der Waals surface area (Å²) in [7, 11) is -4.05. The standard InChI is InChI=1S/C20H23F3N2O4S/c1-13(2)29-18-10-8-16(9-11-18)24-19(26)14(3)25(30(4,27)28)17-7-5-6-15(12-17)20(21,22)23/h5-14H,1-4H3,(H,24,26). The summed E-state index contributed by atoms with van der Waals surface area (Å²) < 4.78 is 69.8. The Balaban J connectivity index is 2.27. The molecule has 0 aromatic heterocycles. The Bertz CT molecular complexity index is 990. The van der Waals surface area contributed by atoms with Crippen LogP contribution in [0.2, 0.25) is 0 Å². The van der Waals surface area contributed by atoms with Crippen LogP contribution >= 0.6 is 0 Å². The molecule has 30 heavy (non-hydrogen) atoms. The number of hydrogen-bond donors (Lipinski definition) is 1. The van der Waals surface area contributed by atoms with Gasteiger partial charge in [-0.1, -0.05) is 6.07 Å². The summed E-state index contributed by atoms with van der Waals surface area (Å²) in [6.07, 6.45) is -3.85. The molecule has 0 heterocycles. The van der Waals surface area contributed by atoms with E-state index in [-0.39, 0.29) is 11.8 Å². The maximum atomic E-state index is 13.0. The lowest BCUT2D eigenvalue weighted by atomic mass is 10.1. The molecule has 1 unspecified atom stereocenters. The van der Waals surface area contributed by atoms with E-state index in [9.17, 15) is 26.4 Å². The first-order valence-electron chi connectivity index (χ1n) is 9.03. The van der Waals surface area contributed by atoms with Crippen molar-refractivity contribution in [2.75, 3.05) is 15.9 Å². The van der Waals surface area contributed by atoms with Gasteiger partial charge in [-0.25, -0.2) is 8.42 Å². The zero-order chi connectivity index (χ0) is 22.7. The molecule has 164 valence electrons. The second kappa shape index (κ2) is 8.95. The van der Waals surface area contributed by atoms with Crippen molar-refractivity contribution in [3.63, 3.8) is 0 Å². The minimum absolute atomic E-state index is 0.0266. The van der Waals surface area contributed by atoms with Crippen LogP contribution in [0.3, 0.4) is 0 Å². The van der Waals surface area contributed by atoms with Crippen molar-refractivity contribution in [2.45, 2.75) is 39.1 Å². The van der Waals surface area contributed by atoms with Gasteiger partial charge in [0.15, 0.2) is 0 Å². The van der Waals surface area contributed by atoms with Gasteiger partial charge in [0.2, 0.25) is 15.9 Å². The summed E-state index contributed by atoms with van der Waals surface area (Å²) in [5.41, 5.74) is -0.877. The summed E-state index contributed by atoms with van der Waals surface area (Å²) in [5.74, 6) is -0.104. The van der Waals surface area contributed by atoms with Crippen LogP contribution in [0.25, 0.3) is 0 Å². The van der Waals surface area contributed by atoms with Crippen LogP contribution in [0, 0.1) is 0 Å². The van der Waals surface area contributed by atoms with Gasteiger partial charge in [-0.3, -0.25) is 9.10 Å². The van der Waals surface area contributed by atoms with E-state index in [1.807, 2.05) is 13.8 Å². The molecule has 0 aliphatic rings. The SMILES string of the molecule is CC(C)Oc1ccc(NC(=O)C(C)N(c2cccc(C(F)(F)F)c2)S(C)(=O)=O)cc1. The highest BCUT2D eigenvalue weighted by Crippen LogP contribution is 2.33. The average Bonchev–Trinajstić information content (AvgIpc) is 2.61. The number of nitrogens with zero attached hydrogens (tertiary/aromatic N) is 1. The number of ether oxygens (including phenoxy) is 1. The van der Waals surface area contributed by atoms with Gasteiger partial charge in [0.1, 0.15) is 11.8 Å². The third-order valence-electron chi connectivity index (χ3n) is 4.01. The lowest BCUT2D eigenvalue weighted by molar-refractivity contribution is -0.137. The number of carbonyl (C=O) groups excluding carboxylic acids is 1. The zero-order valence-electron chi connectivity index (χ0n) is 16.9. The molecule has 0 aliphatic carbocycles. The van der Waals surface area contributed by atoms with Crippen molar-refractivity contribution in [1.82, 2.24) is 0 Å². The molecule has 2 rings (SSSR count). The second-order valence-electron chi connectivity index (χ2n) is 6.96. The molecule has 0 fully saturated rings. The van der Waals surface area contributed by atoms with Gasteiger partial charge in [-0.15, -0.1) is 0 Å². The Morgan fingerprint density at radius 1 is 1.07 bits per heavy atom. The van der Waals surface area contributed by atoms with Crippen molar-refractivity contribution in [3.05, 3.63) is 54.1 Å². The fourth-order valence-corrected chi connectivity index (χ4v) is 3.93. The Hall–Kier alpha value is -2.75. The Kier molecular flexibility index (Phi) is 7.02. The van der Waals surface area contributed by atoms with Gasteiger partial charge in [0.05, 0.1) is 23.6 Å². The number of alkyl halides is 3. The normalized spacial score (nSPS) is 13.1. The molecular formula is C20H23F3N2O4S. The highest BCUT2D eigenvalue weighted by molar-refractivity contribution is 7.92. The van der Waals surface area contributed by atoms with Gasteiger partial charge >= 0.3 is 6.18 Å². The van der Waals surface area contributed by atoms with Crippen molar-refractivity contribution in [3.8, 4) is 5.75 Å². The molecule has 1 atom stereocenters. The molecule has 2 aromatic rings. The summed E-state index contributed by atoms with van der Waals surface area (Å²) in [6, 6.07) is 8.97. The minimum atomic E-state index is -4.65. The van der Waals surface area contributed by atoms with E-state index in [0.717, 1.165) is 18.4 Å². The van der Waals surface area contributed by atoms with Gasteiger partial charge < -0.3 is 10.1 Å². The molecule has 1 N–H and O–H groups in total. The van der Waals surface area contributed by atoms with Gasteiger partial charge in [0, 0.05) is 5.69 Å². The monoisotopic (exact) mass is 444 g/mol. The third kappa shape index (κ3) is 6.12. The molecule has 0 aliphatic heterocycles. The summed E-state index contributed by atoms with van der Waals surface area (Å²) in [4.78, 5) is 12.6. The molecule has 1 amide bonds. The van der Waals surface area contributed by atoms with Crippen LogP contribution in [0.5, 0.6) is 5.75 Å². The lowest BCUT2D eigenvalue weighted by Crippen LogP contribution is -2.45. The van der Waals surface area contributed by atoms with E-state index >= 15 is 0 Å². The second-order valence-corrected chi connectivity index (χ2v) is 8.82. The van der Waals surface area contributed by atoms with E-state index in [0.29, 0.717) is 21.8 Å². The highest BCUT2D eigenvalue weighted by atomic mass is 32.2. The number of benzene rings is 2. The predicted molar refractivity (Wildman–Crippen MR) is 109 cm³/mol. The fraction of sp³-hybridized carbons (Fsp3) is 0.350. The zero-order valence-corrected chi connectivity index (χ0v) is 17.7. The number of hydrogen-bond acceptors (Lipinski definition) is 4. The van der Waals surface area contributed by atoms with E-state index in [4.69, 9.17) is 4.74 Å². The van der Waals surface area contributed by atoms with Crippen LogP contribution in [0.15, 0.2) is 48.5 Å². The first kappa shape index (κ1) is 23.5. The number of nitrogens with one attached hydrogen (secondary N) is 1. The van der Waals surface area contributed by atoms with Gasteiger partial charge in [0.25, 0.3) is 0 Å². The van der Waals surface area contributed by atoms with E-state index in [2.05, 4.69) is 5.32 Å². The minimum Gasteiger partial charge on any atom is -0.491 e. The van der Waals surface area contributed by atoms with Crippen molar-refractivity contribution < 1.29 is 31.1 Å². The van der Waals surface area contributed by atoms with Crippen LogP contribution in [0.4, 0.5) is 24.5 Å². The van der Waals surface area contributed by atoms with Crippen molar-refractivity contribution in [1.29, 1.82) is 0 Å². The topological polar surface area (TPSA) is 75.7 Å². The van der Waals surface area contributed by atoms with E-state index < -0.39 is 33.7 Å². The van der Waals surface area contributed by atoms with Crippen LogP contribution in [-0.4, -0.2) is 32.7 Å². The Morgan fingerprint density at radius 2 is 1.67 bits per heavy atom. The van der Waals surface area contributed by atoms with Crippen LogP contribution < -0.4 is 14.4 Å².